The molecule has 44 heavy (non-hydrogen) atoms. The predicted octanol–water partition coefficient (Wildman–Crippen LogP) is 9.95. The second-order valence-electron chi connectivity index (χ2n) is 11.0. The van der Waals surface area contributed by atoms with Crippen LogP contribution in [-0.2, 0) is 0 Å². The van der Waals surface area contributed by atoms with Gasteiger partial charge in [-0.2, -0.15) is 0 Å². The number of hydrogen-bond donors (Lipinski definition) is 0. The van der Waals surface area contributed by atoms with Crippen molar-refractivity contribution in [3.05, 3.63) is 157 Å². The van der Waals surface area contributed by atoms with Gasteiger partial charge in [0.05, 0.1) is 33.5 Å². The van der Waals surface area contributed by atoms with E-state index in [1.165, 1.54) is 5.56 Å². The Morgan fingerprint density at radius 3 is 1.52 bits per heavy atom. The summed E-state index contributed by atoms with van der Waals surface area (Å²) in [6.07, 6.45) is 0. The van der Waals surface area contributed by atoms with E-state index in [0.717, 1.165) is 72.8 Å². The fraction of sp³-hybridized carbons (Fsp3) is 0.0250. The van der Waals surface area contributed by atoms with E-state index >= 15 is 0 Å². The molecule has 0 N–H and O–H groups in total. The van der Waals surface area contributed by atoms with Gasteiger partial charge in [0.25, 0.3) is 0 Å². The molecular formula is C40H28N4. The molecular weight excluding hydrogens is 536 g/mol. The number of aryl methyl sites for hydroxylation is 1. The van der Waals surface area contributed by atoms with Crippen LogP contribution in [0.25, 0.3) is 72.8 Å². The van der Waals surface area contributed by atoms with Crippen LogP contribution in [0.1, 0.15) is 5.56 Å². The van der Waals surface area contributed by atoms with Gasteiger partial charge in [0, 0.05) is 22.4 Å². The standard InChI is InChI=1S/C40H28N4/c1-27-16-25-37-36(26-27)43-40(44(37)33-12-6-3-7-13-33)32-23-19-29(20-24-32)28-17-21-31(22-18-28)39-38(30-10-4-2-5-11-30)41-34-14-8-9-15-35(34)42-39/h2-26H,1H3. The van der Waals surface area contributed by atoms with Gasteiger partial charge in [0.1, 0.15) is 5.82 Å². The van der Waals surface area contributed by atoms with Gasteiger partial charge in [-0.25, -0.2) is 15.0 Å². The molecule has 6 aromatic carbocycles. The number of fused-ring (bicyclic) bond motifs is 2. The molecule has 0 unspecified atom stereocenters. The Balaban J connectivity index is 1.16. The van der Waals surface area contributed by atoms with Crippen molar-refractivity contribution in [3.63, 3.8) is 0 Å². The van der Waals surface area contributed by atoms with E-state index in [1.54, 1.807) is 0 Å². The van der Waals surface area contributed by atoms with E-state index in [2.05, 4.69) is 115 Å². The Bertz CT molecular complexity index is 2250. The molecule has 2 heterocycles. The third-order valence-electron chi connectivity index (χ3n) is 8.08. The van der Waals surface area contributed by atoms with E-state index in [0.29, 0.717) is 0 Å². The highest BCUT2D eigenvalue weighted by Gasteiger charge is 2.16. The highest BCUT2D eigenvalue weighted by atomic mass is 15.1. The Morgan fingerprint density at radius 1 is 0.409 bits per heavy atom. The summed E-state index contributed by atoms with van der Waals surface area (Å²) in [5.74, 6) is 0.932. The third kappa shape index (κ3) is 4.63. The van der Waals surface area contributed by atoms with Crippen molar-refractivity contribution in [1.82, 2.24) is 19.5 Å². The van der Waals surface area contributed by atoms with Crippen LogP contribution < -0.4 is 0 Å². The van der Waals surface area contributed by atoms with Crippen LogP contribution in [0, 0.1) is 6.92 Å². The molecule has 0 amide bonds. The monoisotopic (exact) mass is 564 g/mol. The van der Waals surface area contributed by atoms with E-state index in [1.807, 2.05) is 48.5 Å². The maximum Gasteiger partial charge on any atom is 0.145 e. The quantitative estimate of drug-likeness (QED) is 0.209. The van der Waals surface area contributed by atoms with Gasteiger partial charge in [-0.05, 0) is 60.0 Å². The van der Waals surface area contributed by atoms with Gasteiger partial charge in [-0.15, -0.1) is 0 Å². The lowest BCUT2D eigenvalue weighted by Crippen LogP contribution is -1.97. The number of aromatic nitrogens is 4. The number of rotatable bonds is 5. The van der Waals surface area contributed by atoms with Crippen LogP contribution in [-0.4, -0.2) is 19.5 Å². The maximum absolute atomic E-state index is 5.07. The van der Waals surface area contributed by atoms with Crippen molar-refractivity contribution < 1.29 is 0 Å². The molecule has 4 heteroatoms. The molecule has 0 fully saturated rings. The number of imidazole rings is 1. The summed E-state index contributed by atoms with van der Waals surface area (Å²) in [4.78, 5) is 15.1. The molecule has 0 radical (unpaired) electrons. The average Bonchev–Trinajstić information content (AvgIpc) is 3.47. The number of benzene rings is 6. The number of para-hydroxylation sites is 3. The predicted molar refractivity (Wildman–Crippen MR) is 181 cm³/mol. The van der Waals surface area contributed by atoms with Gasteiger partial charge < -0.3 is 0 Å². The lowest BCUT2D eigenvalue weighted by molar-refractivity contribution is 1.10. The third-order valence-corrected chi connectivity index (χ3v) is 8.08. The summed E-state index contributed by atoms with van der Waals surface area (Å²) >= 11 is 0. The van der Waals surface area contributed by atoms with E-state index in [4.69, 9.17) is 15.0 Å². The normalized spacial score (nSPS) is 11.3. The maximum atomic E-state index is 5.07. The highest BCUT2D eigenvalue weighted by Crippen LogP contribution is 2.34. The molecule has 2 aromatic heterocycles. The van der Waals surface area contributed by atoms with Crippen molar-refractivity contribution in [2.45, 2.75) is 6.92 Å². The van der Waals surface area contributed by atoms with Crippen LogP contribution in [0.3, 0.4) is 0 Å². The van der Waals surface area contributed by atoms with E-state index in [-0.39, 0.29) is 0 Å². The molecule has 8 rings (SSSR count). The Hall–Kier alpha value is -5.87. The molecule has 0 saturated heterocycles. The van der Waals surface area contributed by atoms with Crippen molar-refractivity contribution in [3.8, 4) is 50.7 Å². The first-order valence-corrected chi connectivity index (χ1v) is 14.8. The van der Waals surface area contributed by atoms with Crippen molar-refractivity contribution >= 4 is 22.1 Å². The first-order valence-electron chi connectivity index (χ1n) is 14.8. The lowest BCUT2D eigenvalue weighted by Gasteiger charge is -2.12. The number of hydrogen-bond acceptors (Lipinski definition) is 3. The summed E-state index contributed by atoms with van der Waals surface area (Å²) in [6.45, 7) is 2.11. The van der Waals surface area contributed by atoms with Crippen LogP contribution >= 0.6 is 0 Å². The first-order chi connectivity index (χ1) is 21.7. The molecule has 0 aliphatic heterocycles. The highest BCUT2D eigenvalue weighted by molar-refractivity contribution is 5.87. The SMILES string of the molecule is Cc1ccc2c(c1)nc(-c1ccc(-c3ccc(-c4nc5ccccc5nc4-c4ccccc4)cc3)cc1)n2-c1ccccc1. The topological polar surface area (TPSA) is 43.6 Å². The zero-order valence-corrected chi connectivity index (χ0v) is 24.2. The van der Waals surface area contributed by atoms with Crippen LogP contribution in [0.15, 0.2) is 152 Å². The fourth-order valence-electron chi connectivity index (χ4n) is 5.85. The van der Waals surface area contributed by atoms with E-state index < -0.39 is 0 Å². The molecule has 0 aliphatic carbocycles. The smallest absolute Gasteiger partial charge is 0.145 e. The van der Waals surface area contributed by atoms with Crippen LogP contribution in [0.4, 0.5) is 0 Å². The zero-order chi connectivity index (χ0) is 29.5. The van der Waals surface area contributed by atoms with Gasteiger partial charge >= 0.3 is 0 Å². The second kappa shape index (κ2) is 10.8. The van der Waals surface area contributed by atoms with Gasteiger partial charge in [-0.3, -0.25) is 4.57 Å². The molecule has 0 atom stereocenters. The molecule has 8 aromatic rings. The molecule has 0 aliphatic rings. The van der Waals surface area contributed by atoms with Crippen LogP contribution in [0.2, 0.25) is 0 Å². The van der Waals surface area contributed by atoms with Gasteiger partial charge in [-0.1, -0.05) is 115 Å². The van der Waals surface area contributed by atoms with Gasteiger partial charge in [0.15, 0.2) is 0 Å². The summed E-state index contributed by atoms with van der Waals surface area (Å²) in [5, 5.41) is 0. The Morgan fingerprint density at radius 2 is 0.909 bits per heavy atom. The lowest BCUT2D eigenvalue weighted by atomic mass is 9.99. The zero-order valence-electron chi connectivity index (χ0n) is 24.2. The number of nitrogens with zero attached hydrogens (tertiary/aromatic N) is 4. The average molecular weight is 565 g/mol. The molecule has 4 nitrogen and oxygen atoms in total. The molecule has 0 spiro atoms. The van der Waals surface area contributed by atoms with Gasteiger partial charge in [0.2, 0.25) is 0 Å². The van der Waals surface area contributed by atoms with E-state index in [9.17, 15) is 0 Å². The van der Waals surface area contributed by atoms with Crippen molar-refractivity contribution in [2.24, 2.45) is 0 Å². The van der Waals surface area contributed by atoms with Crippen LogP contribution in [0.5, 0.6) is 0 Å². The minimum absolute atomic E-state index is 0.881. The summed E-state index contributed by atoms with van der Waals surface area (Å²) in [6, 6.07) is 52.5. The molecule has 0 saturated carbocycles. The van der Waals surface area contributed by atoms with Crippen molar-refractivity contribution in [1.29, 1.82) is 0 Å². The Labute approximate surface area is 256 Å². The Kier molecular flexibility index (Phi) is 6.31. The minimum atomic E-state index is 0.881. The van der Waals surface area contributed by atoms with Crippen molar-refractivity contribution in [2.75, 3.05) is 0 Å². The first kappa shape index (κ1) is 25.8. The molecule has 208 valence electrons. The largest absolute Gasteiger partial charge is 0.292 e. The summed E-state index contributed by atoms with van der Waals surface area (Å²) in [5.41, 5.74) is 13.4. The minimum Gasteiger partial charge on any atom is -0.292 e. The fourth-order valence-corrected chi connectivity index (χ4v) is 5.85. The second-order valence-corrected chi connectivity index (χ2v) is 11.0. The molecule has 0 bridgehead atoms. The summed E-state index contributed by atoms with van der Waals surface area (Å²) < 4.78 is 2.24. The summed E-state index contributed by atoms with van der Waals surface area (Å²) in [7, 11) is 0.